The summed E-state index contributed by atoms with van der Waals surface area (Å²) in [5, 5.41) is 2.49. The molecule has 4 nitrogen and oxygen atoms in total. The molecular formula is C22H23NO3S2. The number of benzene rings is 2. The fraction of sp³-hybridized carbons (Fsp3) is 0.364. The van der Waals surface area contributed by atoms with Crippen LogP contribution in [0.4, 0.5) is 0 Å². The van der Waals surface area contributed by atoms with Crippen LogP contribution in [0, 0.1) is 5.92 Å². The van der Waals surface area contributed by atoms with Gasteiger partial charge < -0.3 is 9.64 Å². The first-order chi connectivity index (χ1) is 13.6. The second-order valence-electron chi connectivity index (χ2n) is 7.23. The molecule has 1 aromatic heterocycles. The van der Waals surface area contributed by atoms with Gasteiger partial charge in [0.1, 0.15) is 6.04 Å². The summed E-state index contributed by atoms with van der Waals surface area (Å²) in [5.74, 6) is -0.130. The van der Waals surface area contributed by atoms with Crippen LogP contribution in [0.1, 0.15) is 18.4 Å². The van der Waals surface area contributed by atoms with Gasteiger partial charge in [-0.3, -0.25) is 4.79 Å². The summed E-state index contributed by atoms with van der Waals surface area (Å²) in [5.41, 5.74) is 1.12. The van der Waals surface area contributed by atoms with Gasteiger partial charge in [-0.1, -0.05) is 24.3 Å². The Bertz CT molecular complexity index is 1030. The number of nitrogens with zero attached hydrogens (tertiary/aromatic N) is 1. The fourth-order valence-corrected chi connectivity index (χ4v) is 5.43. The summed E-state index contributed by atoms with van der Waals surface area (Å²) in [7, 11) is 1.37. The number of ether oxygens (including phenoxy) is 1. The molecular weight excluding hydrogens is 390 g/mol. The third kappa shape index (κ3) is 3.51. The zero-order valence-corrected chi connectivity index (χ0v) is 17.5. The predicted octanol–water partition coefficient (Wildman–Crippen LogP) is 4.31. The number of carbonyl (C=O) groups is 2. The van der Waals surface area contributed by atoms with Crippen molar-refractivity contribution >= 4 is 56.0 Å². The van der Waals surface area contributed by atoms with E-state index in [1.165, 1.54) is 27.3 Å². The summed E-state index contributed by atoms with van der Waals surface area (Å²) in [6.07, 6.45) is 2.12. The van der Waals surface area contributed by atoms with Gasteiger partial charge in [0.15, 0.2) is 0 Å². The van der Waals surface area contributed by atoms with Crippen molar-refractivity contribution in [2.75, 3.05) is 19.4 Å². The highest BCUT2D eigenvalue weighted by molar-refractivity contribution is 7.80. The van der Waals surface area contributed by atoms with Gasteiger partial charge >= 0.3 is 5.97 Å². The van der Waals surface area contributed by atoms with Crippen LogP contribution in [0.5, 0.6) is 0 Å². The van der Waals surface area contributed by atoms with Crippen LogP contribution in [-0.2, 0) is 20.7 Å². The molecule has 146 valence electrons. The van der Waals surface area contributed by atoms with Crippen molar-refractivity contribution in [2.24, 2.45) is 5.92 Å². The Balaban J connectivity index is 1.58. The van der Waals surface area contributed by atoms with E-state index in [4.69, 9.17) is 4.74 Å². The number of carbonyl (C=O) groups excluding carboxylic acids is 2. The average molecular weight is 414 g/mol. The van der Waals surface area contributed by atoms with Crippen LogP contribution in [0.3, 0.4) is 0 Å². The molecule has 28 heavy (non-hydrogen) atoms. The van der Waals surface area contributed by atoms with Crippen molar-refractivity contribution in [1.82, 2.24) is 4.90 Å². The number of hydrogen-bond donors (Lipinski definition) is 1. The standard InChI is InChI=1S/C22H23NO3S2/c1-26-22(25)18-6-4-10-23(18)21(24)15(13-27)11-14-8-9-20-17(12-14)16-5-2-3-7-19(16)28-20/h2-3,5,7-9,12,15,18,27H,4,6,10-11,13H2,1H3/t15?,18-/m0/s1. The highest BCUT2D eigenvalue weighted by atomic mass is 32.1. The Labute approximate surface area is 173 Å². The first-order valence-corrected chi connectivity index (χ1v) is 11.0. The summed E-state index contributed by atoms with van der Waals surface area (Å²) >= 11 is 6.23. The lowest BCUT2D eigenvalue weighted by atomic mass is 9.97. The molecule has 0 saturated carbocycles. The molecule has 2 heterocycles. The molecule has 2 aromatic carbocycles. The van der Waals surface area contributed by atoms with Crippen LogP contribution in [0.2, 0.25) is 0 Å². The number of amides is 1. The molecule has 1 amide bonds. The van der Waals surface area contributed by atoms with E-state index in [1.54, 1.807) is 16.2 Å². The number of hydrogen-bond acceptors (Lipinski definition) is 5. The van der Waals surface area contributed by atoms with Gasteiger partial charge in [-0.25, -0.2) is 4.79 Å². The minimum absolute atomic E-state index is 0.00169. The monoisotopic (exact) mass is 413 g/mol. The topological polar surface area (TPSA) is 46.6 Å². The molecule has 0 bridgehead atoms. The van der Waals surface area contributed by atoms with E-state index >= 15 is 0 Å². The van der Waals surface area contributed by atoms with E-state index in [2.05, 4.69) is 55.1 Å². The number of fused-ring (bicyclic) bond motifs is 3. The highest BCUT2D eigenvalue weighted by Gasteiger charge is 2.37. The van der Waals surface area contributed by atoms with Gasteiger partial charge in [0, 0.05) is 32.5 Å². The molecule has 1 aliphatic rings. The minimum Gasteiger partial charge on any atom is -0.467 e. The third-order valence-electron chi connectivity index (χ3n) is 5.50. The van der Waals surface area contributed by atoms with Crippen molar-refractivity contribution in [3.63, 3.8) is 0 Å². The molecule has 0 spiro atoms. The molecule has 1 fully saturated rings. The Morgan fingerprint density at radius 1 is 1.21 bits per heavy atom. The van der Waals surface area contributed by atoms with E-state index in [0.717, 1.165) is 12.0 Å². The normalized spacial score (nSPS) is 17.9. The Hall–Kier alpha value is -2.05. The predicted molar refractivity (Wildman–Crippen MR) is 117 cm³/mol. The van der Waals surface area contributed by atoms with Gasteiger partial charge in [0.05, 0.1) is 13.0 Å². The maximum absolute atomic E-state index is 13.1. The van der Waals surface area contributed by atoms with Crippen LogP contribution in [0.25, 0.3) is 20.2 Å². The van der Waals surface area contributed by atoms with Gasteiger partial charge in [-0.05, 0) is 43.0 Å². The van der Waals surface area contributed by atoms with Crippen LogP contribution in [-0.4, -0.2) is 42.2 Å². The van der Waals surface area contributed by atoms with Crippen molar-refractivity contribution in [2.45, 2.75) is 25.3 Å². The molecule has 1 aliphatic heterocycles. The Morgan fingerprint density at radius 2 is 2.00 bits per heavy atom. The average Bonchev–Trinajstić information content (AvgIpc) is 3.35. The molecule has 3 aromatic rings. The SMILES string of the molecule is COC(=O)[C@@H]1CCCN1C(=O)C(CS)Cc1ccc2sc3ccccc3c2c1. The third-order valence-corrected chi connectivity index (χ3v) is 7.09. The number of thiol groups is 1. The fourth-order valence-electron chi connectivity index (χ4n) is 4.06. The van der Waals surface area contributed by atoms with Crippen molar-refractivity contribution in [3.05, 3.63) is 48.0 Å². The van der Waals surface area contributed by atoms with E-state index in [1.807, 2.05) is 0 Å². The first-order valence-electron chi connectivity index (χ1n) is 9.51. The lowest BCUT2D eigenvalue weighted by molar-refractivity contribution is -0.152. The Morgan fingerprint density at radius 3 is 2.79 bits per heavy atom. The number of rotatable bonds is 5. The summed E-state index contributed by atoms with van der Waals surface area (Å²) < 4.78 is 7.40. The van der Waals surface area contributed by atoms with Gasteiger partial charge in [-0.2, -0.15) is 12.6 Å². The second-order valence-corrected chi connectivity index (χ2v) is 8.67. The number of methoxy groups -OCH3 is 1. The summed E-state index contributed by atoms with van der Waals surface area (Å²) in [4.78, 5) is 26.8. The molecule has 0 radical (unpaired) electrons. The van der Waals surface area contributed by atoms with Crippen molar-refractivity contribution < 1.29 is 14.3 Å². The number of esters is 1. The molecule has 0 N–H and O–H groups in total. The maximum Gasteiger partial charge on any atom is 0.328 e. The van der Waals surface area contributed by atoms with Gasteiger partial charge in [0.2, 0.25) is 5.91 Å². The van der Waals surface area contributed by atoms with E-state index in [-0.39, 0.29) is 17.8 Å². The second kappa shape index (κ2) is 8.13. The van der Waals surface area contributed by atoms with Crippen LogP contribution in [0.15, 0.2) is 42.5 Å². The molecule has 1 saturated heterocycles. The smallest absolute Gasteiger partial charge is 0.328 e. The Kier molecular flexibility index (Phi) is 5.60. The van der Waals surface area contributed by atoms with Crippen molar-refractivity contribution in [3.8, 4) is 0 Å². The quantitative estimate of drug-likeness (QED) is 0.501. The zero-order valence-electron chi connectivity index (χ0n) is 15.8. The van der Waals surface area contributed by atoms with Gasteiger partial charge in [-0.15, -0.1) is 11.3 Å². The zero-order chi connectivity index (χ0) is 19.7. The van der Waals surface area contributed by atoms with E-state index in [9.17, 15) is 9.59 Å². The lowest BCUT2D eigenvalue weighted by Crippen LogP contribution is -2.45. The van der Waals surface area contributed by atoms with Gasteiger partial charge in [0.25, 0.3) is 0 Å². The highest BCUT2D eigenvalue weighted by Crippen LogP contribution is 2.34. The molecule has 0 aliphatic carbocycles. The van der Waals surface area contributed by atoms with Crippen LogP contribution >= 0.6 is 24.0 Å². The van der Waals surface area contributed by atoms with E-state index in [0.29, 0.717) is 25.1 Å². The first kappa shape index (κ1) is 19.3. The maximum atomic E-state index is 13.1. The van der Waals surface area contributed by atoms with Crippen molar-refractivity contribution in [1.29, 1.82) is 0 Å². The minimum atomic E-state index is -0.455. The van der Waals surface area contributed by atoms with Crippen LogP contribution < -0.4 is 0 Å². The molecule has 4 rings (SSSR count). The van der Waals surface area contributed by atoms with E-state index < -0.39 is 6.04 Å². The summed E-state index contributed by atoms with van der Waals surface area (Å²) in [6, 6.07) is 14.4. The number of likely N-dealkylation sites (tertiary alicyclic amines) is 1. The molecule has 6 heteroatoms. The summed E-state index contributed by atoms with van der Waals surface area (Å²) in [6.45, 7) is 0.608. The molecule has 2 atom stereocenters. The number of thiophene rings is 1. The molecule has 1 unspecified atom stereocenters. The largest absolute Gasteiger partial charge is 0.467 e. The lowest BCUT2D eigenvalue weighted by Gasteiger charge is -2.27.